The Morgan fingerprint density at radius 1 is 1.00 bits per heavy atom. The van der Waals surface area contributed by atoms with Crippen molar-refractivity contribution in [2.45, 2.75) is 19.9 Å². The molecule has 0 saturated carbocycles. The van der Waals surface area contributed by atoms with Crippen LogP contribution in [0.1, 0.15) is 31.0 Å². The van der Waals surface area contributed by atoms with Gasteiger partial charge in [-0.3, -0.25) is 4.90 Å². The van der Waals surface area contributed by atoms with Gasteiger partial charge in [0.05, 0.1) is 24.8 Å². The summed E-state index contributed by atoms with van der Waals surface area (Å²) in [6, 6.07) is 16.2. The number of carbonyl (C=O) groups excluding carboxylic acids is 2. The summed E-state index contributed by atoms with van der Waals surface area (Å²) >= 11 is 0. The van der Waals surface area contributed by atoms with E-state index in [9.17, 15) is 9.59 Å². The van der Waals surface area contributed by atoms with E-state index in [0.717, 1.165) is 0 Å². The lowest BCUT2D eigenvalue weighted by molar-refractivity contribution is -0.144. The monoisotopic (exact) mass is 352 g/mol. The molecule has 134 valence electrons. The zero-order valence-electron chi connectivity index (χ0n) is 14.7. The van der Waals surface area contributed by atoms with Crippen LogP contribution in [-0.2, 0) is 14.3 Å². The van der Waals surface area contributed by atoms with E-state index in [1.807, 2.05) is 12.1 Å². The summed E-state index contributed by atoms with van der Waals surface area (Å²) in [6.07, 6.45) is -0.652. The minimum atomic E-state index is -1.02. The minimum Gasteiger partial charge on any atom is -0.464 e. The molecule has 0 aliphatic carbocycles. The zero-order valence-corrected chi connectivity index (χ0v) is 14.7. The molecule has 1 atom stereocenters. The summed E-state index contributed by atoms with van der Waals surface area (Å²) in [6.45, 7) is 3.75. The summed E-state index contributed by atoms with van der Waals surface area (Å²) in [4.78, 5) is 26.6. The SMILES string of the molecule is CCOC(=O)C(c1ccc(C#N)cc1)N(C(=O)OCC)c1ccccc1. The van der Waals surface area contributed by atoms with Crippen molar-refractivity contribution in [3.8, 4) is 6.07 Å². The Balaban J connectivity index is 2.55. The molecule has 6 heteroatoms. The number of carbonyl (C=O) groups is 2. The largest absolute Gasteiger partial charge is 0.464 e. The first kappa shape index (κ1) is 19.0. The van der Waals surface area contributed by atoms with E-state index in [4.69, 9.17) is 14.7 Å². The maximum Gasteiger partial charge on any atom is 0.415 e. The van der Waals surface area contributed by atoms with E-state index < -0.39 is 18.1 Å². The van der Waals surface area contributed by atoms with Crippen molar-refractivity contribution in [2.24, 2.45) is 0 Å². The van der Waals surface area contributed by atoms with Gasteiger partial charge in [-0.1, -0.05) is 30.3 Å². The molecule has 1 amide bonds. The van der Waals surface area contributed by atoms with E-state index in [0.29, 0.717) is 16.8 Å². The first-order chi connectivity index (χ1) is 12.6. The number of benzene rings is 2. The molecule has 6 nitrogen and oxygen atoms in total. The predicted molar refractivity (Wildman–Crippen MR) is 96.5 cm³/mol. The van der Waals surface area contributed by atoms with E-state index in [1.54, 1.807) is 62.4 Å². The van der Waals surface area contributed by atoms with Gasteiger partial charge in [-0.05, 0) is 43.7 Å². The zero-order chi connectivity index (χ0) is 18.9. The van der Waals surface area contributed by atoms with Crippen LogP contribution in [0.3, 0.4) is 0 Å². The highest BCUT2D eigenvalue weighted by atomic mass is 16.6. The van der Waals surface area contributed by atoms with Gasteiger partial charge in [0.2, 0.25) is 0 Å². The van der Waals surface area contributed by atoms with Crippen molar-refractivity contribution in [1.29, 1.82) is 5.26 Å². The van der Waals surface area contributed by atoms with Gasteiger partial charge in [0.1, 0.15) is 0 Å². The van der Waals surface area contributed by atoms with E-state index >= 15 is 0 Å². The molecule has 0 N–H and O–H groups in total. The minimum absolute atomic E-state index is 0.172. The van der Waals surface area contributed by atoms with Crippen molar-refractivity contribution in [2.75, 3.05) is 18.1 Å². The van der Waals surface area contributed by atoms with Crippen LogP contribution < -0.4 is 4.90 Å². The molecule has 2 aromatic rings. The second kappa shape index (κ2) is 9.23. The molecule has 0 radical (unpaired) electrons. The molecule has 26 heavy (non-hydrogen) atoms. The highest BCUT2D eigenvalue weighted by molar-refractivity contribution is 5.96. The Bertz CT molecular complexity index is 782. The molecule has 2 rings (SSSR count). The van der Waals surface area contributed by atoms with Crippen molar-refractivity contribution in [3.63, 3.8) is 0 Å². The second-order valence-corrected chi connectivity index (χ2v) is 5.29. The highest BCUT2D eigenvalue weighted by Crippen LogP contribution is 2.29. The van der Waals surface area contributed by atoms with Crippen LogP contribution in [0.25, 0.3) is 0 Å². The summed E-state index contributed by atoms with van der Waals surface area (Å²) in [5.41, 5.74) is 1.49. The maximum absolute atomic E-state index is 12.7. The third kappa shape index (κ3) is 4.39. The third-order valence-corrected chi connectivity index (χ3v) is 3.62. The van der Waals surface area contributed by atoms with Crippen LogP contribution >= 0.6 is 0 Å². The molecule has 1 unspecified atom stereocenters. The topological polar surface area (TPSA) is 79.6 Å². The summed E-state index contributed by atoms with van der Waals surface area (Å²) in [5, 5.41) is 8.98. The van der Waals surface area contributed by atoms with Crippen LogP contribution in [0.15, 0.2) is 54.6 Å². The van der Waals surface area contributed by atoms with Crippen molar-refractivity contribution in [1.82, 2.24) is 0 Å². The molecule has 0 heterocycles. The number of esters is 1. The quantitative estimate of drug-likeness (QED) is 0.738. The fourth-order valence-corrected chi connectivity index (χ4v) is 2.49. The van der Waals surface area contributed by atoms with Gasteiger partial charge in [0.15, 0.2) is 6.04 Å². The fourth-order valence-electron chi connectivity index (χ4n) is 2.49. The number of anilines is 1. The van der Waals surface area contributed by atoms with Crippen LogP contribution in [0.5, 0.6) is 0 Å². The molecule has 0 aromatic heterocycles. The number of nitriles is 1. The number of hydrogen-bond acceptors (Lipinski definition) is 5. The van der Waals surface area contributed by atoms with E-state index in [2.05, 4.69) is 0 Å². The van der Waals surface area contributed by atoms with Gasteiger partial charge in [0, 0.05) is 5.69 Å². The second-order valence-electron chi connectivity index (χ2n) is 5.29. The van der Waals surface area contributed by atoms with Crippen LogP contribution in [0.2, 0.25) is 0 Å². The molecule has 2 aromatic carbocycles. The molecule has 0 bridgehead atoms. The van der Waals surface area contributed by atoms with E-state index in [-0.39, 0.29) is 13.2 Å². The van der Waals surface area contributed by atoms with Crippen LogP contribution in [0, 0.1) is 11.3 Å². The number of para-hydroxylation sites is 1. The molecular weight excluding hydrogens is 332 g/mol. The molecule has 0 fully saturated rings. The fraction of sp³-hybridized carbons (Fsp3) is 0.250. The van der Waals surface area contributed by atoms with Crippen molar-refractivity contribution >= 4 is 17.7 Å². The number of rotatable bonds is 6. The number of ether oxygens (including phenoxy) is 2. The number of nitrogens with zero attached hydrogens (tertiary/aromatic N) is 2. The van der Waals surface area contributed by atoms with Gasteiger partial charge < -0.3 is 9.47 Å². The number of hydrogen-bond donors (Lipinski definition) is 0. The third-order valence-electron chi connectivity index (χ3n) is 3.62. The Morgan fingerprint density at radius 2 is 1.62 bits per heavy atom. The average molecular weight is 352 g/mol. The van der Waals surface area contributed by atoms with Crippen LogP contribution in [0.4, 0.5) is 10.5 Å². The number of amides is 1. The van der Waals surface area contributed by atoms with Gasteiger partial charge in [-0.2, -0.15) is 5.26 Å². The molecule has 0 saturated heterocycles. The lowest BCUT2D eigenvalue weighted by atomic mass is 10.0. The lowest BCUT2D eigenvalue weighted by Gasteiger charge is -2.29. The van der Waals surface area contributed by atoms with Gasteiger partial charge >= 0.3 is 12.1 Å². The first-order valence-electron chi connectivity index (χ1n) is 8.30. The van der Waals surface area contributed by atoms with Gasteiger partial charge in [0.25, 0.3) is 0 Å². The smallest absolute Gasteiger partial charge is 0.415 e. The first-order valence-corrected chi connectivity index (χ1v) is 8.30. The standard InChI is InChI=1S/C20H20N2O4/c1-3-25-19(23)18(16-12-10-15(14-21)11-13-16)22(20(24)26-4-2)17-8-6-5-7-9-17/h5-13,18H,3-4H2,1-2H3. The Morgan fingerprint density at radius 3 is 2.15 bits per heavy atom. The summed E-state index contributed by atoms with van der Waals surface area (Å²) < 4.78 is 10.4. The van der Waals surface area contributed by atoms with Gasteiger partial charge in [-0.25, -0.2) is 9.59 Å². The summed E-state index contributed by atoms with van der Waals surface area (Å²) in [7, 11) is 0. The van der Waals surface area contributed by atoms with Crippen molar-refractivity contribution < 1.29 is 19.1 Å². The normalized spacial score (nSPS) is 11.1. The Hall–Kier alpha value is -3.33. The van der Waals surface area contributed by atoms with Gasteiger partial charge in [-0.15, -0.1) is 0 Å². The van der Waals surface area contributed by atoms with Crippen molar-refractivity contribution in [3.05, 3.63) is 65.7 Å². The maximum atomic E-state index is 12.7. The Kier molecular flexibility index (Phi) is 6.75. The van der Waals surface area contributed by atoms with E-state index in [1.165, 1.54) is 4.90 Å². The Labute approximate surface area is 152 Å². The molecular formula is C20H20N2O4. The highest BCUT2D eigenvalue weighted by Gasteiger charge is 2.34. The molecule has 0 aliphatic heterocycles. The predicted octanol–water partition coefficient (Wildman–Crippen LogP) is 3.83. The summed E-state index contributed by atoms with van der Waals surface area (Å²) in [5.74, 6) is -0.575. The average Bonchev–Trinajstić information content (AvgIpc) is 2.67. The van der Waals surface area contributed by atoms with Crippen LogP contribution in [-0.4, -0.2) is 25.3 Å². The molecule has 0 aliphatic rings. The molecule has 0 spiro atoms. The lowest BCUT2D eigenvalue weighted by Crippen LogP contribution is -2.40.